The third kappa shape index (κ3) is 7.15. The van der Waals surface area contributed by atoms with Crippen LogP contribution in [-0.4, -0.2) is 24.9 Å². The standard InChI is InChI=1S/C57H51N5/c1-55(2,3)48-30-27-40-26-29-44-41(31-32-58-53(44)51(40)60-48)34-56(4,5)49-33-42(45-28-25-38-17-11-12-18-43(38)52(45)61-49)35-57(6,7)54-59-47-20-14-13-19-46(47)50(62-54)39-23-21-37(22-24-39)36-15-9-8-10-16-36/h8-33H,34-35H2,1-7H3. The summed E-state index contributed by atoms with van der Waals surface area (Å²) in [5.41, 5.74) is 12.1. The van der Waals surface area contributed by atoms with Crippen LogP contribution in [0.5, 0.6) is 0 Å². The van der Waals surface area contributed by atoms with Gasteiger partial charge in [0.25, 0.3) is 0 Å². The molecule has 4 aromatic heterocycles. The zero-order valence-corrected chi connectivity index (χ0v) is 36.7. The van der Waals surface area contributed by atoms with E-state index in [0.717, 1.165) is 90.3 Å². The lowest BCUT2D eigenvalue weighted by Crippen LogP contribution is -2.26. The van der Waals surface area contributed by atoms with Gasteiger partial charge in [-0.1, -0.05) is 176 Å². The quantitative estimate of drug-likeness (QED) is 0.143. The number of fused-ring (bicyclic) bond motifs is 7. The molecule has 4 heterocycles. The smallest absolute Gasteiger partial charge is 0.135 e. The Kier molecular flexibility index (Phi) is 9.48. The fourth-order valence-electron chi connectivity index (χ4n) is 9.12. The molecule has 0 radical (unpaired) electrons. The first-order chi connectivity index (χ1) is 29.8. The Hall–Kier alpha value is -6.85. The summed E-state index contributed by atoms with van der Waals surface area (Å²) in [4.78, 5) is 26.4. The first-order valence-corrected chi connectivity index (χ1v) is 21.8. The van der Waals surface area contributed by atoms with Crippen LogP contribution in [0.4, 0.5) is 0 Å². The van der Waals surface area contributed by atoms with Crippen LogP contribution in [0.15, 0.2) is 158 Å². The zero-order chi connectivity index (χ0) is 42.8. The van der Waals surface area contributed by atoms with E-state index in [1.165, 1.54) is 27.6 Å². The van der Waals surface area contributed by atoms with Crippen LogP contribution < -0.4 is 0 Å². The molecule has 0 spiro atoms. The molecule has 0 amide bonds. The second kappa shape index (κ2) is 15.0. The van der Waals surface area contributed by atoms with Crippen molar-refractivity contribution < 1.29 is 0 Å². The van der Waals surface area contributed by atoms with Crippen LogP contribution >= 0.6 is 0 Å². The SMILES string of the molecule is CC(C)(C)c1ccc2ccc3c(CC(C)(C)c4cc(CC(C)(C)c5nc(-c6ccc(-c7ccccc7)cc6)c6ccccc6n5)c5ccc6ccccc6c5n4)ccnc3c2n1. The van der Waals surface area contributed by atoms with E-state index >= 15 is 0 Å². The summed E-state index contributed by atoms with van der Waals surface area (Å²) < 4.78 is 0. The van der Waals surface area contributed by atoms with Crippen molar-refractivity contribution in [3.05, 3.63) is 186 Å². The van der Waals surface area contributed by atoms with E-state index in [-0.39, 0.29) is 10.8 Å². The van der Waals surface area contributed by atoms with Crippen LogP contribution in [-0.2, 0) is 29.1 Å². The van der Waals surface area contributed by atoms with Gasteiger partial charge in [-0.3, -0.25) is 9.97 Å². The van der Waals surface area contributed by atoms with E-state index in [1.807, 2.05) is 6.20 Å². The lowest BCUT2D eigenvalue weighted by molar-refractivity contribution is 0.485. The predicted octanol–water partition coefficient (Wildman–Crippen LogP) is 14.1. The summed E-state index contributed by atoms with van der Waals surface area (Å²) >= 11 is 0. The van der Waals surface area contributed by atoms with E-state index in [9.17, 15) is 0 Å². The number of rotatable bonds is 8. The van der Waals surface area contributed by atoms with E-state index in [2.05, 4.69) is 200 Å². The molecule has 0 aliphatic rings. The number of para-hydroxylation sites is 1. The van der Waals surface area contributed by atoms with Crippen molar-refractivity contribution in [3.63, 3.8) is 0 Å². The topological polar surface area (TPSA) is 64.5 Å². The number of hydrogen-bond acceptors (Lipinski definition) is 5. The highest BCUT2D eigenvalue weighted by molar-refractivity contribution is 6.06. The average molecular weight is 806 g/mol. The van der Waals surface area contributed by atoms with Gasteiger partial charge >= 0.3 is 0 Å². The second-order valence-electron chi connectivity index (χ2n) is 19.3. The number of nitrogens with zero attached hydrogens (tertiary/aromatic N) is 5. The Bertz CT molecular complexity index is 3320. The van der Waals surface area contributed by atoms with Crippen LogP contribution in [0.25, 0.3) is 76.8 Å². The first-order valence-electron chi connectivity index (χ1n) is 21.8. The van der Waals surface area contributed by atoms with Crippen molar-refractivity contribution in [1.29, 1.82) is 0 Å². The Balaban J connectivity index is 1.07. The van der Waals surface area contributed by atoms with Crippen molar-refractivity contribution in [2.75, 3.05) is 0 Å². The van der Waals surface area contributed by atoms with Crippen molar-refractivity contribution in [1.82, 2.24) is 24.9 Å². The number of hydrogen-bond donors (Lipinski definition) is 0. The fourth-order valence-corrected chi connectivity index (χ4v) is 9.12. The minimum Gasteiger partial charge on any atom is -0.254 e. The molecule has 0 aliphatic heterocycles. The van der Waals surface area contributed by atoms with Crippen LogP contribution in [0.3, 0.4) is 0 Å². The van der Waals surface area contributed by atoms with Crippen LogP contribution in [0.2, 0.25) is 0 Å². The van der Waals surface area contributed by atoms with E-state index < -0.39 is 5.41 Å². The molecule has 62 heavy (non-hydrogen) atoms. The molecule has 0 atom stereocenters. The molecule has 0 fully saturated rings. The van der Waals surface area contributed by atoms with Gasteiger partial charge in [-0.2, -0.15) is 0 Å². The van der Waals surface area contributed by atoms with Gasteiger partial charge in [0.2, 0.25) is 0 Å². The molecule has 5 nitrogen and oxygen atoms in total. The largest absolute Gasteiger partial charge is 0.254 e. The Morgan fingerprint density at radius 2 is 1.02 bits per heavy atom. The second-order valence-corrected chi connectivity index (χ2v) is 19.3. The summed E-state index contributed by atoms with van der Waals surface area (Å²) in [5, 5.41) is 6.79. The van der Waals surface area contributed by atoms with Crippen molar-refractivity contribution in [2.24, 2.45) is 0 Å². The molecule has 10 aromatic rings. The highest BCUT2D eigenvalue weighted by Crippen LogP contribution is 2.39. The number of benzene rings is 6. The summed E-state index contributed by atoms with van der Waals surface area (Å²) in [7, 11) is 0. The van der Waals surface area contributed by atoms with Gasteiger partial charge in [0.05, 0.1) is 27.8 Å². The summed E-state index contributed by atoms with van der Waals surface area (Å²) in [6.07, 6.45) is 3.45. The number of pyridine rings is 3. The summed E-state index contributed by atoms with van der Waals surface area (Å²) in [6, 6.07) is 54.1. The van der Waals surface area contributed by atoms with Crippen molar-refractivity contribution >= 4 is 54.4 Å². The molecule has 0 saturated heterocycles. The Morgan fingerprint density at radius 1 is 0.403 bits per heavy atom. The molecule has 0 bridgehead atoms. The molecular weight excluding hydrogens is 755 g/mol. The van der Waals surface area contributed by atoms with Gasteiger partial charge in [0, 0.05) is 66.3 Å². The van der Waals surface area contributed by atoms with Crippen LogP contribution in [0.1, 0.15) is 76.8 Å². The third-order valence-corrected chi connectivity index (χ3v) is 12.7. The molecular formula is C57H51N5. The van der Waals surface area contributed by atoms with Crippen molar-refractivity contribution in [3.8, 4) is 22.4 Å². The predicted molar refractivity (Wildman–Crippen MR) is 259 cm³/mol. The molecule has 0 unspecified atom stereocenters. The Morgan fingerprint density at radius 3 is 1.79 bits per heavy atom. The van der Waals surface area contributed by atoms with Gasteiger partial charge in [-0.05, 0) is 64.7 Å². The molecule has 0 saturated carbocycles. The van der Waals surface area contributed by atoms with Gasteiger partial charge < -0.3 is 0 Å². The highest BCUT2D eigenvalue weighted by atomic mass is 14.9. The maximum atomic E-state index is 5.57. The van der Waals surface area contributed by atoms with Gasteiger partial charge in [-0.25, -0.2) is 15.0 Å². The third-order valence-electron chi connectivity index (χ3n) is 12.7. The molecule has 0 aliphatic carbocycles. The normalized spacial score (nSPS) is 12.6. The van der Waals surface area contributed by atoms with Gasteiger partial charge in [0.1, 0.15) is 5.82 Å². The summed E-state index contributed by atoms with van der Waals surface area (Å²) in [6.45, 7) is 15.8. The van der Waals surface area contributed by atoms with E-state index in [0.29, 0.717) is 0 Å². The molecule has 6 aromatic carbocycles. The summed E-state index contributed by atoms with van der Waals surface area (Å²) in [5.74, 6) is 0.823. The highest BCUT2D eigenvalue weighted by Gasteiger charge is 2.31. The molecule has 0 N–H and O–H groups in total. The average Bonchev–Trinajstić information content (AvgIpc) is 3.28. The first kappa shape index (κ1) is 39.3. The lowest BCUT2D eigenvalue weighted by atomic mass is 9.78. The maximum absolute atomic E-state index is 5.57. The van der Waals surface area contributed by atoms with Crippen molar-refractivity contribution in [2.45, 2.75) is 77.6 Å². The molecule has 10 rings (SSSR count). The van der Waals surface area contributed by atoms with Gasteiger partial charge in [-0.15, -0.1) is 0 Å². The minimum absolute atomic E-state index is 0.0635. The number of aromatic nitrogens is 5. The van der Waals surface area contributed by atoms with E-state index in [1.54, 1.807) is 0 Å². The molecule has 304 valence electrons. The minimum atomic E-state index is -0.425. The van der Waals surface area contributed by atoms with Crippen LogP contribution in [0, 0.1) is 0 Å². The fraction of sp³-hybridized carbons (Fsp3) is 0.211. The van der Waals surface area contributed by atoms with Gasteiger partial charge in [0.15, 0.2) is 0 Å². The zero-order valence-electron chi connectivity index (χ0n) is 36.7. The molecule has 5 heteroatoms. The van der Waals surface area contributed by atoms with E-state index in [4.69, 9.17) is 24.9 Å². The monoisotopic (exact) mass is 805 g/mol. The lowest BCUT2D eigenvalue weighted by Gasteiger charge is -2.29. The maximum Gasteiger partial charge on any atom is 0.135 e. The Labute approximate surface area is 364 Å².